The second-order valence-electron chi connectivity index (χ2n) is 5.75. The maximum absolute atomic E-state index is 13.0. The van der Waals surface area contributed by atoms with Crippen LogP contribution in [0.15, 0.2) is 36.5 Å². The van der Waals surface area contributed by atoms with Crippen LogP contribution in [-0.4, -0.2) is 41.7 Å². The summed E-state index contributed by atoms with van der Waals surface area (Å²) in [6, 6.07) is 8.01. The highest BCUT2D eigenvalue weighted by molar-refractivity contribution is 7.99. The number of ether oxygens (including phenoxy) is 1. The number of benzene rings is 1. The molecular weight excluding hydrogens is 327 g/mol. The summed E-state index contributed by atoms with van der Waals surface area (Å²) in [6.07, 6.45) is 3.95. The molecule has 2 N–H and O–H groups in total. The predicted molar refractivity (Wildman–Crippen MR) is 94.8 cm³/mol. The van der Waals surface area contributed by atoms with E-state index in [1.807, 2.05) is 11.8 Å². The molecule has 0 spiro atoms. The highest BCUT2D eigenvalue weighted by Gasteiger charge is 2.14. The van der Waals surface area contributed by atoms with E-state index in [4.69, 9.17) is 4.74 Å². The molecule has 0 atom stereocenters. The molecule has 1 amide bonds. The van der Waals surface area contributed by atoms with E-state index < -0.39 is 0 Å². The summed E-state index contributed by atoms with van der Waals surface area (Å²) in [5, 5.41) is 3.57. The molecule has 0 radical (unpaired) electrons. The average molecular weight is 348 g/mol. The average Bonchev–Trinajstić information content (AvgIpc) is 3.10. The lowest BCUT2D eigenvalue weighted by Crippen LogP contribution is -2.27. The number of carbonyl (C=O) groups excluding carboxylic acids is 1. The first kappa shape index (κ1) is 17.0. The molecule has 0 aliphatic carbocycles. The van der Waals surface area contributed by atoms with Gasteiger partial charge in [0.15, 0.2) is 0 Å². The third-order valence-corrected chi connectivity index (χ3v) is 5.40. The molecule has 1 saturated heterocycles. The number of carbonyl (C=O) groups is 1. The SMILES string of the molecule is O=C(NCCSC1CCOCC1)c1cc(-c2ccc(F)cc2)c[nH]1. The Labute approximate surface area is 145 Å². The van der Waals surface area contributed by atoms with Gasteiger partial charge in [-0.3, -0.25) is 4.79 Å². The maximum Gasteiger partial charge on any atom is 0.267 e. The normalized spacial score (nSPS) is 15.4. The lowest BCUT2D eigenvalue weighted by atomic mass is 10.1. The van der Waals surface area contributed by atoms with Crippen LogP contribution in [0.2, 0.25) is 0 Å². The lowest BCUT2D eigenvalue weighted by molar-refractivity contribution is 0.0950. The van der Waals surface area contributed by atoms with Crippen LogP contribution in [0.1, 0.15) is 23.3 Å². The van der Waals surface area contributed by atoms with Gasteiger partial charge in [0, 0.05) is 37.0 Å². The Morgan fingerprint density at radius 1 is 1.25 bits per heavy atom. The summed E-state index contributed by atoms with van der Waals surface area (Å²) in [7, 11) is 0. The van der Waals surface area contributed by atoms with E-state index in [0.29, 0.717) is 17.5 Å². The van der Waals surface area contributed by atoms with Gasteiger partial charge in [-0.05, 0) is 42.2 Å². The molecule has 2 heterocycles. The fourth-order valence-electron chi connectivity index (χ4n) is 2.66. The quantitative estimate of drug-likeness (QED) is 0.786. The zero-order valence-electron chi connectivity index (χ0n) is 13.4. The van der Waals surface area contributed by atoms with Crippen molar-refractivity contribution in [2.45, 2.75) is 18.1 Å². The van der Waals surface area contributed by atoms with Gasteiger partial charge in [0.1, 0.15) is 11.5 Å². The van der Waals surface area contributed by atoms with Crippen molar-refractivity contribution >= 4 is 17.7 Å². The molecule has 0 saturated carbocycles. The summed E-state index contributed by atoms with van der Waals surface area (Å²) < 4.78 is 18.3. The number of thioether (sulfide) groups is 1. The van der Waals surface area contributed by atoms with E-state index >= 15 is 0 Å². The molecule has 2 aromatic rings. The minimum absolute atomic E-state index is 0.115. The highest BCUT2D eigenvalue weighted by Crippen LogP contribution is 2.22. The second-order valence-corrected chi connectivity index (χ2v) is 7.16. The molecule has 6 heteroatoms. The maximum atomic E-state index is 13.0. The topological polar surface area (TPSA) is 54.1 Å². The van der Waals surface area contributed by atoms with Crippen molar-refractivity contribution < 1.29 is 13.9 Å². The first-order chi connectivity index (χ1) is 11.7. The van der Waals surface area contributed by atoms with Crippen LogP contribution in [0.5, 0.6) is 0 Å². The van der Waals surface area contributed by atoms with Gasteiger partial charge in [-0.25, -0.2) is 4.39 Å². The smallest absolute Gasteiger partial charge is 0.267 e. The van der Waals surface area contributed by atoms with Crippen molar-refractivity contribution in [3.63, 3.8) is 0 Å². The minimum Gasteiger partial charge on any atom is -0.381 e. The molecular formula is C18H21FN2O2S. The summed E-state index contributed by atoms with van der Waals surface area (Å²) >= 11 is 1.90. The molecule has 1 aromatic heterocycles. The summed E-state index contributed by atoms with van der Waals surface area (Å²) in [4.78, 5) is 15.1. The highest BCUT2D eigenvalue weighted by atomic mass is 32.2. The van der Waals surface area contributed by atoms with Crippen LogP contribution in [-0.2, 0) is 4.74 Å². The number of H-pyrrole nitrogens is 1. The third-order valence-electron chi connectivity index (χ3n) is 4.01. The Kier molecular flexibility index (Phi) is 5.93. The number of hydrogen-bond acceptors (Lipinski definition) is 3. The zero-order valence-corrected chi connectivity index (χ0v) is 14.2. The van der Waals surface area contributed by atoms with Crippen molar-refractivity contribution in [2.75, 3.05) is 25.5 Å². The first-order valence-electron chi connectivity index (χ1n) is 8.14. The number of aromatic nitrogens is 1. The van der Waals surface area contributed by atoms with Crippen molar-refractivity contribution in [2.24, 2.45) is 0 Å². The Hall–Kier alpha value is -1.79. The largest absolute Gasteiger partial charge is 0.381 e. The Balaban J connectivity index is 1.46. The van der Waals surface area contributed by atoms with Gasteiger partial charge in [0.25, 0.3) is 5.91 Å². The van der Waals surface area contributed by atoms with Crippen molar-refractivity contribution in [1.82, 2.24) is 10.3 Å². The Morgan fingerprint density at radius 3 is 2.75 bits per heavy atom. The van der Waals surface area contributed by atoms with Crippen LogP contribution < -0.4 is 5.32 Å². The number of halogens is 1. The standard InChI is InChI=1S/C18H21FN2O2S/c19-15-3-1-13(2-4-15)14-11-17(21-12-14)18(22)20-7-10-24-16-5-8-23-9-6-16/h1-4,11-12,16,21H,5-10H2,(H,20,22). The van der Waals surface area contributed by atoms with E-state index in [9.17, 15) is 9.18 Å². The van der Waals surface area contributed by atoms with Crippen LogP contribution in [0.3, 0.4) is 0 Å². The van der Waals surface area contributed by atoms with Gasteiger partial charge in [-0.1, -0.05) is 12.1 Å². The molecule has 24 heavy (non-hydrogen) atoms. The van der Waals surface area contributed by atoms with Crippen molar-refractivity contribution in [1.29, 1.82) is 0 Å². The number of aromatic amines is 1. The van der Waals surface area contributed by atoms with Crippen LogP contribution in [0.25, 0.3) is 11.1 Å². The zero-order chi connectivity index (χ0) is 16.8. The monoisotopic (exact) mass is 348 g/mol. The van der Waals surface area contributed by atoms with E-state index in [1.165, 1.54) is 12.1 Å². The molecule has 0 bridgehead atoms. The number of amides is 1. The van der Waals surface area contributed by atoms with Gasteiger partial charge in [-0.15, -0.1) is 0 Å². The van der Waals surface area contributed by atoms with Crippen LogP contribution >= 0.6 is 11.8 Å². The third kappa shape index (κ3) is 4.61. The van der Waals surface area contributed by atoms with Gasteiger partial charge < -0.3 is 15.0 Å². The molecule has 1 aliphatic heterocycles. The van der Waals surface area contributed by atoms with E-state index in [-0.39, 0.29) is 11.7 Å². The molecule has 0 unspecified atom stereocenters. The molecule has 3 rings (SSSR count). The number of nitrogens with one attached hydrogen (secondary N) is 2. The Bertz CT molecular complexity index is 666. The van der Waals surface area contributed by atoms with Crippen LogP contribution in [0.4, 0.5) is 4.39 Å². The lowest BCUT2D eigenvalue weighted by Gasteiger charge is -2.21. The molecule has 1 aromatic carbocycles. The van der Waals surface area contributed by atoms with Crippen LogP contribution in [0, 0.1) is 5.82 Å². The summed E-state index contributed by atoms with van der Waals surface area (Å²) in [5.41, 5.74) is 2.27. The summed E-state index contributed by atoms with van der Waals surface area (Å²) in [6.45, 7) is 2.34. The van der Waals surface area contributed by atoms with Gasteiger partial charge in [0.05, 0.1) is 0 Å². The molecule has 1 fully saturated rings. The van der Waals surface area contributed by atoms with Gasteiger partial charge >= 0.3 is 0 Å². The van der Waals surface area contributed by atoms with Gasteiger partial charge in [-0.2, -0.15) is 11.8 Å². The van der Waals surface area contributed by atoms with E-state index in [2.05, 4.69) is 10.3 Å². The molecule has 128 valence electrons. The summed E-state index contributed by atoms with van der Waals surface area (Å²) in [5.74, 6) is 0.521. The number of rotatable bonds is 6. The second kappa shape index (κ2) is 8.35. The first-order valence-corrected chi connectivity index (χ1v) is 9.19. The van der Waals surface area contributed by atoms with E-state index in [1.54, 1.807) is 24.4 Å². The predicted octanol–water partition coefficient (Wildman–Crippen LogP) is 3.46. The van der Waals surface area contributed by atoms with Gasteiger partial charge in [0.2, 0.25) is 0 Å². The van der Waals surface area contributed by atoms with Crippen molar-refractivity contribution in [3.05, 3.63) is 48.0 Å². The minimum atomic E-state index is -0.269. The van der Waals surface area contributed by atoms with E-state index in [0.717, 1.165) is 42.9 Å². The fourth-order valence-corrected chi connectivity index (χ4v) is 3.74. The van der Waals surface area contributed by atoms with Crippen molar-refractivity contribution in [3.8, 4) is 11.1 Å². The Morgan fingerprint density at radius 2 is 2.00 bits per heavy atom. The molecule has 4 nitrogen and oxygen atoms in total. The molecule has 1 aliphatic rings. The fraction of sp³-hybridized carbons (Fsp3) is 0.389. The number of hydrogen-bond donors (Lipinski definition) is 2.